The number of nitrogens with one attached hydrogen (secondary N) is 1. The number of carboxylic acids is 1. The van der Waals surface area contributed by atoms with Crippen molar-refractivity contribution in [3.05, 3.63) is 27.7 Å². The maximum Gasteiger partial charge on any atom is 0.326 e. The molecule has 1 aliphatic heterocycles. The van der Waals surface area contributed by atoms with Crippen LogP contribution in [0.25, 0.3) is 0 Å². The smallest absolute Gasteiger partial charge is 0.326 e. The zero-order valence-electron chi connectivity index (χ0n) is 11.2. The number of hydrogen-bond acceptors (Lipinski definition) is 3. The van der Waals surface area contributed by atoms with Crippen LogP contribution in [0.4, 0.5) is 10.5 Å². The molecule has 0 saturated carbocycles. The number of likely N-dealkylation sites (tertiary alicyclic amines) is 1. The highest BCUT2D eigenvalue weighted by Gasteiger charge is 2.39. The number of halogens is 2. The Morgan fingerprint density at radius 1 is 1.52 bits per heavy atom. The van der Waals surface area contributed by atoms with E-state index in [-0.39, 0.29) is 19.1 Å². The molecular weight excluding hydrogens is 364 g/mol. The first-order valence-electron chi connectivity index (χ1n) is 6.20. The summed E-state index contributed by atoms with van der Waals surface area (Å²) in [5.74, 6) is -1.04. The second-order valence-corrected chi connectivity index (χ2v) is 5.92. The molecule has 6 nitrogen and oxygen atoms in total. The first-order valence-corrected chi connectivity index (χ1v) is 7.37. The number of carboxylic acid groups (broad SMARTS) is 1. The summed E-state index contributed by atoms with van der Waals surface area (Å²) in [6, 6.07) is 3.59. The third kappa shape index (κ3) is 3.66. The molecule has 0 radical (unpaired) electrons. The molecule has 1 saturated heterocycles. The van der Waals surface area contributed by atoms with Gasteiger partial charge in [0.15, 0.2) is 0 Å². The number of methoxy groups -OCH3 is 1. The van der Waals surface area contributed by atoms with E-state index in [0.717, 1.165) is 0 Å². The van der Waals surface area contributed by atoms with Crippen LogP contribution in [-0.2, 0) is 9.53 Å². The first kappa shape index (κ1) is 16.1. The largest absolute Gasteiger partial charge is 0.480 e. The van der Waals surface area contributed by atoms with Gasteiger partial charge < -0.3 is 20.1 Å². The van der Waals surface area contributed by atoms with Gasteiger partial charge in [0.05, 0.1) is 11.1 Å². The zero-order chi connectivity index (χ0) is 15.6. The number of urea groups is 1. The standard InChI is InChI=1S/C13H14BrClN2O4/c1-21-8-5-11(12(18)19)17(6-8)13(20)16-7-2-3-9(14)10(15)4-7/h2-4,8,11H,5-6H2,1H3,(H,16,20)(H,18,19). The molecule has 1 heterocycles. The van der Waals surface area contributed by atoms with E-state index in [4.69, 9.17) is 16.3 Å². The van der Waals surface area contributed by atoms with Crippen LogP contribution in [0.2, 0.25) is 5.02 Å². The van der Waals surface area contributed by atoms with Gasteiger partial charge in [0, 0.05) is 30.2 Å². The lowest BCUT2D eigenvalue weighted by molar-refractivity contribution is -0.141. The molecule has 8 heteroatoms. The highest BCUT2D eigenvalue weighted by Crippen LogP contribution is 2.26. The molecule has 114 valence electrons. The summed E-state index contributed by atoms with van der Waals surface area (Å²) >= 11 is 9.21. The minimum Gasteiger partial charge on any atom is -0.480 e. The van der Waals surface area contributed by atoms with Crippen molar-refractivity contribution in [2.75, 3.05) is 19.0 Å². The molecule has 2 N–H and O–H groups in total. The van der Waals surface area contributed by atoms with Gasteiger partial charge in [-0.05, 0) is 34.1 Å². The Morgan fingerprint density at radius 2 is 2.24 bits per heavy atom. The van der Waals surface area contributed by atoms with E-state index in [1.165, 1.54) is 12.0 Å². The normalized spacial score (nSPS) is 21.4. The van der Waals surface area contributed by atoms with Crippen molar-refractivity contribution in [2.24, 2.45) is 0 Å². The molecule has 2 amide bonds. The van der Waals surface area contributed by atoms with E-state index in [1.54, 1.807) is 18.2 Å². The number of carbonyl (C=O) groups excluding carboxylic acids is 1. The summed E-state index contributed by atoms with van der Waals surface area (Å²) in [7, 11) is 1.50. The molecule has 1 aromatic rings. The van der Waals surface area contributed by atoms with Gasteiger partial charge in [0.2, 0.25) is 0 Å². The number of amides is 2. The molecule has 0 spiro atoms. The molecule has 2 unspecified atom stereocenters. The second kappa shape index (κ2) is 6.64. The maximum absolute atomic E-state index is 12.2. The van der Waals surface area contributed by atoms with Crippen LogP contribution in [0.5, 0.6) is 0 Å². The fourth-order valence-corrected chi connectivity index (χ4v) is 2.62. The summed E-state index contributed by atoms with van der Waals surface area (Å²) in [6.45, 7) is 0.240. The van der Waals surface area contributed by atoms with Crippen molar-refractivity contribution >= 4 is 45.2 Å². The van der Waals surface area contributed by atoms with E-state index in [9.17, 15) is 14.7 Å². The first-order chi connectivity index (χ1) is 9.92. The van der Waals surface area contributed by atoms with Gasteiger partial charge in [-0.3, -0.25) is 0 Å². The van der Waals surface area contributed by atoms with Crippen molar-refractivity contribution in [1.82, 2.24) is 4.90 Å². The Hall–Kier alpha value is -1.31. The predicted octanol–water partition coefficient (Wildman–Crippen LogP) is 2.81. The van der Waals surface area contributed by atoms with Crippen LogP contribution in [0.3, 0.4) is 0 Å². The lowest BCUT2D eigenvalue weighted by atomic mass is 10.2. The van der Waals surface area contributed by atoms with Crippen LogP contribution in [-0.4, -0.2) is 47.8 Å². The third-order valence-corrected chi connectivity index (χ3v) is 4.55. The summed E-state index contributed by atoms with van der Waals surface area (Å²) in [6.07, 6.45) is 0.00530. The second-order valence-electron chi connectivity index (χ2n) is 4.66. The van der Waals surface area contributed by atoms with Crippen molar-refractivity contribution in [2.45, 2.75) is 18.6 Å². The van der Waals surface area contributed by atoms with E-state index < -0.39 is 18.0 Å². The van der Waals surface area contributed by atoms with Crippen LogP contribution < -0.4 is 5.32 Å². The molecule has 1 aromatic carbocycles. The fourth-order valence-electron chi connectivity index (χ4n) is 2.20. The van der Waals surface area contributed by atoms with Crippen molar-refractivity contribution in [3.63, 3.8) is 0 Å². The maximum atomic E-state index is 12.2. The number of nitrogens with zero attached hydrogens (tertiary/aromatic N) is 1. The van der Waals surface area contributed by atoms with Crippen molar-refractivity contribution < 1.29 is 19.4 Å². The fraction of sp³-hybridized carbons (Fsp3) is 0.385. The van der Waals surface area contributed by atoms with Gasteiger partial charge in [0.1, 0.15) is 6.04 Å². The lowest BCUT2D eigenvalue weighted by Gasteiger charge is -2.21. The predicted molar refractivity (Wildman–Crippen MR) is 81.7 cm³/mol. The highest BCUT2D eigenvalue weighted by atomic mass is 79.9. The van der Waals surface area contributed by atoms with Gasteiger partial charge in [-0.2, -0.15) is 0 Å². The van der Waals surface area contributed by atoms with Gasteiger partial charge >= 0.3 is 12.0 Å². The monoisotopic (exact) mass is 376 g/mol. The van der Waals surface area contributed by atoms with Gasteiger partial charge in [-0.1, -0.05) is 11.6 Å². The number of carbonyl (C=O) groups is 2. The van der Waals surface area contributed by atoms with Crippen LogP contribution in [0, 0.1) is 0 Å². The molecule has 21 heavy (non-hydrogen) atoms. The van der Waals surface area contributed by atoms with Crippen molar-refractivity contribution in [1.29, 1.82) is 0 Å². The average Bonchev–Trinajstić information content (AvgIpc) is 2.87. The van der Waals surface area contributed by atoms with E-state index in [0.29, 0.717) is 15.2 Å². The van der Waals surface area contributed by atoms with Crippen LogP contribution in [0.1, 0.15) is 6.42 Å². The Kier molecular flexibility index (Phi) is 5.08. The van der Waals surface area contributed by atoms with Crippen LogP contribution in [0.15, 0.2) is 22.7 Å². The molecule has 0 aromatic heterocycles. The summed E-state index contributed by atoms with van der Waals surface area (Å²) in [4.78, 5) is 24.7. The molecule has 1 aliphatic rings. The van der Waals surface area contributed by atoms with Gasteiger partial charge in [-0.15, -0.1) is 0 Å². The van der Waals surface area contributed by atoms with E-state index in [2.05, 4.69) is 21.2 Å². The Labute approximate surface area is 135 Å². The van der Waals surface area contributed by atoms with Gasteiger partial charge in [-0.25, -0.2) is 9.59 Å². The third-order valence-electron chi connectivity index (χ3n) is 3.31. The van der Waals surface area contributed by atoms with E-state index in [1.807, 2.05) is 0 Å². The number of ether oxygens (including phenoxy) is 1. The highest BCUT2D eigenvalue weighted by molar-refractivity contribution is 9.10. The quantitative estimate of drug-likeness (QED) is 0.849. The average molecular weight is 378 g/mol. The summed E-state index contributed by atoms with van der Waals surface area (Å²) in [5.41, 5.74) is 0.498. The Morgan fingerprint density at radius 3 is 2.81 bits per heavy atom. The molecule has 2 rings (SSSR count). The molecular formula is C13H14BrClN2O4. The topological polar surface area (TPSA) is 78.9 Å². The SMILES string of the molecule is COC1CC(C(=O)O)N(C(=O)Nc2ccc(Br)c(Cl)c2)C1. The van der Waals surface area contributed by atoms with Gasteiger partial charge in [0.25, 0.3) is 0 Å². The molecule has 2 atom stereocenters. The van der Waals surface area contributed by atoms with Crippen LogP contribution >= 0.6 is 27.5 Å². The summed E-state index contributed by atoms with van der Waals surface area (Å²) in [5, 5.41) is 12.3. The lowest BCUT2D eigenvalue weighted by Crippen LogP contribution is -2.43. The molecule has 1 fully saturated rings. The summed E-state index contributed by atoms with van der Waals surface area (Å²) < 4.78 is 5.86. The number of hydrogen-bond donors (Lipinski definition) is 2. The molecule has 0 aliphatic carbocycles. The number of aliphatic carboxylic acids is 1. The minimum absolute atomic E-state index is 0.240. The Bertz CT molecular complexity index is 569. The zero-order valence-corrected chi connectivity index (χ0v) is 13.5. The Balaban J connectivity index is 2.11. The van der Waals surface area contributed by atoms with Crippen molar-refractivity contribution in [3.8, 4) is 0 Å². The molecule has 0 bridgehead atoms. The number of benzene rings is 1. The van der Waals surface area contributed by atoms with E-state index >= 15 is 0 Å². The number of anilines is 1. The number of rotatable bonds is 3. The minimum atomic E-state index is -1.04.